The number of amides is 1. The predicted molar refractivity (Wildman–Crippen MR) is 74.2 cm³/mol. The first-order chi connectivity index (χ1) is 10.8. The molecule has 7 nitrogen and oxygen atoms in total. The zero-order valence-corrected chi connectivity index (χ0v) is 12.1. The van der Waals surface area contributed by atoms with E-state index in [9.17, 15) is 22.8 Å². The van der Waals surface area contributed by atoms with Crippen LogP contribution in [-0.2, 0) is 14.4 Å². The van der Waals surface area contributed by atoms with Gasteiger partial charge in [0.2, 0.25) is 5.71 Å². The van der Waals surface area contributed by atoms with E-state index in [4.69, 9.17) is 9.94 Å². The van der Waals surface area contributed by atoms with Gasteiger partial charge in [-0.05, 0) is 18.9 Å². The standard InChI is InChI=1S/C12H10F3N3O4S/c13-12(14,15)10(21)17-11-16-7(5-23-11)8(9(19)20)18-22-6-3-1-2-4-6/h1,3,5-6H,2,4H2,(H,19,20)(H,16,17,21)/b18-8-. The molecule has 1 unspecified atom stereocenters. The molecule has 1 aliphatic rings. The highest BCUT2D eigenvalue weighted by Gasteiger charge is 2.39. The van der Waals surface area contributed by atoms with Crippen molar-refractivity contribution < 1.29 is 32.7 Å². The van der Waals surface area contributed by atoms with Crippen LogP contribution in [0.25, 0.3) is 0 Å². The Hall–Kier alpha value is -2.43. The minimum atomic E-state index is -5.06. The number of hydrogen-bond acceptors (Lipinski definition) is 6. The highest BCUT2D eigenvalue weighted by Crippen LogP contribution is 2.21. The van der Waals surface area contributed by atoms with Gasteiger partial charge in [0.25, 0.3) is 0 Å². The highest BCUT2D eigenvalue weighted by molar-refractivity contribution is 7.14. The number of nitrogens with one attached hydrogen (secondary N) is 1. The summed E-state index contributed by atoms with van der Waals surface area (Å²) >= 11 is 0.641. The molecule has 1 atom stereocenters. The molecule has 0 saturated heterocycles. The molecule has 11 heteroatoms. The number of hydrogen-bond donors (Lipinski definition) is 2. The molecule has 23 heavy (non-hydrogen) atoms. The number of carbonyl (C=O) groups is 2. The second-order valence-corrected chi connectivity index (χ2v) is 5.24. The van der Waals surface area contributed by atoms with Crippen LogP contribution in [0.1, 0.15) is 18.5 Å². The minimum absolute atomic E-state index is 0.207. The van der Waals surface area contributed by atoms with Gasteiger partial charge in [0, 0.05) is 5.38 Å². The van der Waals surface area contributed by atoms with Crippen LogP contribution in [-0.4, -0.2) is 40.0 Å². The van der Waals surface area contributed by atoms with Crippen molar-refractivity contribution in [2.75, 3.05) is 5.32 Å². The fraction of sp³-hybridized carbons (Fsp3) is 0.333. The number of oxime groups is 1. The number of carbonyl (C=O) groups excluding carboxylic acids is 1. The second-order valence-electron chi connectivity index (χ2n) is 4.38. The van der Waals surface area contributed by atoms with Crippen molar-refractivity contribution in [2.24, 2.45) is 5.16 Å². The number of nitrogens with zero attached hydrogens (tertiary/aromatic N) is 2. The van der Waals surface area contributed by atoms with Crippen molar-refractivity contribution in [3.63, 3.8) is 0 Å². The van der Waals surface area contributed by atoms with E-state index in [2.05, 4.69) is 10.1 Å². The Morgan fingerprint density at radius 2 is 2.22 bits per heavy atom. The van der Waals surface area contributed by atoms with E-state index in [0.717, 1.165) is 11.8 Å². The van der Waals surface area contributed by atoms with E-state index in [1.165, 1.54) is 5.32 Å². The smallest absolute Gasteiger partial charge is 0.471 e. The number of rotatable bonds is 5. The van der Waals surface area contributed by atoms with Crippen molar-refractivity contribution in [1.29, 1.82) is 0 Å². The van der Waals surface area contributed by atoms with Crippen molar-refractivity contribution in [1.82, 2.24) is 4.98 Å². The highest BCUT2D eigenvalue weighted by atomic mass is 32.1. The maximum atomic E-state index is 12.1. The van der Waals surface area contributed by atoms with E-state index < -0.39 is 28.9 Å². The van der Waals surface area contributed by atoms with E-state index in [0.29, 0.717) is 17.8 Å². The van der Waals surface area contributed by atoms with Crippen LogP contribution in [0, 0.1) is 0 Å². The molecular formula is C12H10F3N3O4S. The number of carboxylic acid groups (broad SMARTS) is 1. The third-order valence-corrected chi connectivity index (χ3v) is 3.43. The monoisotopic (exact) mass is 349 g/mol. The van der Waals surface area contributed by atoms with Crippen LogP contribution in [0.3, 0.4) is 0 Å². The Bertz CT molecular complexity index is 669. The van der Waals surface area contributed by atoms with Gasteiger partial charge in [-0.1, -0.05) is 11.2 Å². The van der Waals surface area contributed by atoms with Gasteiger partial charge >= 0.3 is 18.1 Å². The van der Waals surface area contributed by atoms with Crippen molar-refractivity contribution in [3.8, 4) is 0 Å². The lowest BCUT2D eigenvalue weighted by molar-refractivity contribution is -0.167. The van der Waals surface area contributed by atoms with E-state index in [1.54, 1.807) is 6.08 Å². The first-order valence-electron chi connectivity index (χ1n) is 6.25. The maximum absolute atomic E-state index is 12.1. The molecule has 1 aromatic heterocycles. The fourth-order valence-electron chi connectivity index (χ4n) is 1.62. The molecule has 0 bridgehead atoms. The summed E-state index contributed by atoms with van der Waals surface area (Å²) in [7, 11) is 0. The van der Waals surface area contributed by atoms with Crippen LogP contribution in [0.4, 0.5) is 18.3 Å². The summed E-state index contributed by atoms with van der Waals surface area (Å²) in [4.78, 5) is 30.6. The maximum Gasteiger partial charge on any atom is 0.471 e. The Morgan fingerprint density at radius 3 is 2.78 bits per heavy atom. The molecular weight excluding hydrogens is 339 g/mol. The molecule has 0 saturated carbocycles. The second kappa shape index (κ2) is 6.77. The van der Waals surface area contributed by atoms with E-state index >= 15 is 0 Å². The van der Waals surface area contributed by atoms with Crippen LogP contribution < -0.4 is 5.32 Å². The molecule has 1 aliphatic carbocycles. The van der Waals surface area contributed by atoms with Crippen molar-refractivity contribution in [2.45, 2.75) is 25.1 Å². The van der Waals surface area contributed by atoms with Gasteiger partial charge in [0.05, 0.1) is 0 Å². The lowest BCUT2D eigenvalue weighted by Gasteiger charge is -2.06. The molecule has 0 spiro atoms. The Balaban J connectivity index is 2.11. The van der Waals surface area contributed by atoms with Crippen molar-refractivity contribution in [3.05, 3.63) is 23.2 Å². The number of aliphatic carboxylic acids is 1. The molecule has 0 aromatic carbocycles. The molecule has 1 heterocycles. The molecule has 0 radical (unpaired) electrons. The number of halogens is 3. The number of aromatic nitrogens is 1. The number of anilines is 1. The molecule has 0 aliphatic heterocycles. The number of alkyl halides is 3. The molecule has 1 aromatic rings. The largest absolute Gasteiger partial charge is 0.476 e. The zero-order valence-electron chi connectivity index (χ0n) is 11.3. The summed E-state index contributed by atoms with van der Waals surface area (Å²) in [5.41, 5.74) is -0.768. The summed E-state index contributed by atoms with van der Waals surface area (Å²) in [5.74, 6) is -3.65. The van der Waals surface area contributed by atoms with Gasteiger partial charge in [-0.2, -0.15) is 13.2 Å². The zero-order chi connectivity index (χ0) is 17.0. The minimum Gasteiger partial charge on any atom is -0.476 e. The van der Waals surface area contributed by atoms with E-state index in [1.807, 2.05) is 6.08 Å². The Morgan fingerprint density at radius 1 is 1.48 bits per heavy atom. The third kappa shape index (κ3) is 4.52. The van der Waals surface area contributed by atoms with Gasteiger partial charge in [-0.15, -0.1) is 11.3 Å². The predicted octanol–water partition coefficient (Wildman–Crippen LogP) is 2.17. The summed E-state index contributed by atoms with van der Waals surface area (Å²) in [6, 6.07) is 0. The number of carboxylic acids is 1. The molecule has 2 N–H and O–H groups in total. The fourth-order valence-corrected chi connectivity index (χ4v) is 2.31. The van der Waals surface area contributed by atoms with Gasteiger partial charge in [-0.3, -0.25) is 10.1 Å². The third-order valence-electron chi connectivity index (χ3n) is 2.68. The quantitative estimate of drug-likeness (QED) is 0.482. The molecule has 0 fully saturated rings. The van der Waals surface area contributed by atoms with Gasteiger partial charge in [-0.25, -0.2) is 9.78 Å². The lowest BCUT2D eigenvalue weighted by Crippen LogP contribution is -2.29. The number of thiazole rings is 1. The average molecular weight is 349 g/mol. The van der Waals surface area contributed by atoms with Crippen LogP contribution in [0.15, 0.2) is 22.7 Å². The van der Waals surface area contributed by atoms with Crippen molar-refractivity contribution >= 4 is 34.1 Å². The van der Waals surface area contributed by atoms with Crippen LogP contribution in [0.5, 0.6) is 0 Å². The lowest BCUT2D eigenvalue weighted by atomic mass is 10.3. The first-order valence-corrected chi connectivity index (χ1v) is 7.13. The Kier molecular flexibility index (Phi) is 4.98. The first kappa shape index (κ1) is 16.9. The Labute approximate surface area is 131 Å². The summed E-state index contributed by atoms with van der Waals surface area (Å²) in [6.45, 7) is 0. The van der Waals surface area contributed by atoms with Gasteiger partial charge < -0.3 is 9.94 Å². The van der Waals surface area contributed by atoms with E-state index in [-0.39, 0.29) is 11.8 Å². The molecule has 124 valence electrons. The SMILES string of the molecule is O=C(O)/C(=N\OC1C=CCC1)c1csc(NC(=O)C(F)(F)F)n1. The van der Waals surface area contributed by atoms with Crippen LogP contribution >= 0.6 is 11.3 Å². The van der Waals surface area contributed by atoms with Crippen LogP contribution in [0.2, 0.25) is 0 Å². The summed E-state index contributed by atoms with van der Waals surface area (Å²) in [5, 5.41) is 14.9. The summed E-state index contributed by atoms with van der Waals surface area (Å²) < 4.78 is 36.4. The average Bonchev–Trinajstić information content (AvgIpc) is 3.09. The molecule has 1 amide bonds. The van der Waals surface area contributed by atoms with Gasteiger partial charge in [0.15, 0.2) is 5.13 Å². The molecule has 2 rings (SSSR count). The summed E-state index contributed by atoms with van der Waals surface area (Å²) in [6.07, 6.45) is -0.402. The normalized spacial score (nSPS) is 18.0. The topological polar surface area (TPSA) is 101 Å². The number of allylic oxidation sites excluding steroid dienone is 1. The van der Waals surface area contributed by atoms with Gasteiger partial charge in [0.1, 0.15) is 11.8 Å².